The summed E-state index contributed by atoms with van der Waals surface area (Å²) in [4.78, 5) is 11.5. The summed E-state index contributed by atoms with van der Waals surface area (Å²) in [5, 5.41) is 11.0. The second-order valence-corrected chi connectivity index (χ2v) is 9.77. The Hall–Kier alpha value is -1.87. The fourth-order valence-corrected chi connectivity index (χ4v) is 4.72. The van der Waals surface area contributed by atoms with Crippen LogP contribution in [0.5, 0.6) is 0 Å². The number of hydrogen-bond acceptors (Lipinski definition) is 2. The first kappa shape index (κ1) is 18.9. The van der Waals surface area contributed by atoms with Crippen molar-refractivity contribution in [2.24, 2.45) is 0 Å². The average Bonchev–Trinajstić information content (AvgIpc) is 3.00. The normalized spacial score (nSPS) is 18.5. The van der Waals surface area contributed by atoms with Crippen molar-refractivity contribution in [1.82, 2.24) is 0 Å². The van der Waals surface area contributed by atoms with Gasteiger partial charge in [-0.25, -0.2) is 4.79 Å². The zero-order valence-corrected chi connectivity index (χ0v) is 17.4. The molecule has 0 unspecified atom stereocenters. The Morgan fingerprint density at radius 2 is 1.65 bits per heavy atom. The molecule has 3 rings (SSSR count). The Labute approximate surface area is 160 Å². The minimum atomic E-state index is -0.860. The van der Waals surface area contributed by atoms with Gasteiger partial charge in [-0.2, -0.15) is 0 Å². The lowest BCUT2D eigenvalue weighted by Crippen LogP contribution is -2.34. The Bertz CT molecular complexity index is 897. The van der Waals surface area contributed by atoms with Crippen molar-refractivity contribution in [1.29, 1.82) is 0 Å². The zero-order valence-electron chi connectivity index (χ0n) is 16.6. The van der Waals surface area contributed by atoms with E-state index in [0.29, 0.717) is 4.88 Å². The van der Waals surface area contributed by atoms with Gasteiger partial charge < -0.3 is 5.11 Å². The smallest absolute Gasteiger partial charge is 0.345 e. The Balaban J connectivity index is 2.08. The SMILES string of the molecule is CC(=Cc1csc(C(=O)O)c1)c1cc2c(cc1C)C(C)(C)CCC2(C)C. The number of benzene rings is 1. The molecule has 0 fully saturated rings. The molecular formula is C23H28O2S. The van der Waals surface area contributed by atoms with E-state index in [1.807, 2.05) is 5.38 Å². The van der Waals surface area contributed by atoms with Crippen molar-refractivity contribution >= 4 is 29.0 Å². The maximum Gasteiger partial charge on any atom is 0.345 e. The van der Waals surface area contributed by atoms with Gasteiger partial charge in [0, 0.05) is 0 Å². The highest BCUT2D eigenvalue weighted by atomic mass is 32.1. The number of aromatic carboxylic acids is 1. The van der Waals surface area contributed by atoms with E-state index >= 15 is 0 Å². The van der Waals surface area contributed by atoms with Gasteiger partial charge in [-0.3, -0.25) is 0 Å². The molecule has 0 bridgehead atoms. The predicted octanol–water partition coefficient (Wildman–Crippen LogP) is 6.66. The van der Waals surface area contributed by atoms with E-state index in [1.54, 1.807) is 6.07 Å². The molecule has 0 atom stereocenters. The van der Waals surface area contributed by atoms with Gasteiger partial charge in [0.2, 0.25) is 0 Å². The van der Waals surface area contributed by atoms with E-state index in [4.69, 9.17) is 5.11 Å². The number of fused-ring (bicyclic) bond motifs is 1. The van der Waals surface area contributed by atoms with Gasteiger partial charge in [-0.05, 0) is 82.4 Å². The molecule has 0 saturated heterocycles. The molecule has 1 heterocycles. The molecule has 2 nitrogen and oxygen atoms in total. The van der Waals surface area contributed by atoms with E-state index in [2.05, 4.69) is 59.8 Å². The van der Waals surface area contributed by atoms with Crippen molar-refractivity contribution in [3.63, 3.8) is 0 Å². The molecule has 1 aliphatic rings. The van der Waals surface area contributed by atoms with E-state index in [0.717, 1.165) is 5.56 Å². The molecule has 1 aromatic carbocycles. The summed E-state index contributed by atoms with van der Waals surface area (Å²) in [6.07, 6.45) is 4.51. The van der Waals surface area contributed by atoms with E-state index in [9.17, 15) is 4.79 Å². The highest BCUT2D eigenvalue weighted by Gasteiger charge is 2.37. The number of aryl methyl sites for hydroxylation is 1. The topological polar surface area (TPSA) is 37.3 Å². The molecule has 138 valence electrons. The first-order valence-corrected chi connectivity index (χ1v) is 10.1. The van der Waals surface area contributed by atoms with Gasteiger partial charge in [-0.15, -0.1) is 11.3 Å². The zero-order chi connectivity index (χ0) is 19.3. The van der Waals surface area contributed by atoms with Crippen LogP contribution < -0.4 is 0 Å². The van der Waals surface area contributed by atoms with Crippen molar-refractivity contribution in [3.8, 4) is 0 Å². The van der Waals surface area contributed by atoms with Crippen molar-refractivity contribution in [2.45, 2.75) is 65.2 Å². The van der Waals surface area contributed by atoms with Gasteiger partial charge in [0.1, 0.15) is 4.88 Å². The molecule has 1 aliphatic carbocycles. The fourth-order valence-electron chi connectivity index (χ4n) is 4.01. The van der Waals surface area contributed by atoms with Crippen LogP contribution in [0.2, 0.25) is 0 Å². The molecule has 1 N–H and O–H groups in total. The van der Waals surface area contributed by atoms with Crippen LogP contribution in [-0.4, -0.2) is 11.1 Å². The van der Waals surface area contributed by atoms with Crippen LogP contribution in [0.4, 0.5) is 0 Å². The van der Waals surface area contributed by atoms with Gasteiger partial charge in [0.25, 0.3) is 0 Å². The van der Waals surface area contributed by atoms with E-state index < -0.39 is 5.97 Å². The quantitative estimate of drug-likeness (QED) is 0.657. The number of carbonyl (C=O) groups is 1. The third kappa shape index (κ3) is 3.37. The largest absolute Gasteiger partial charge is 0.477 e. The number of carboxylic acids is 1. The van der Waals surface area contributed by atoms with Crippen molar-refractivity contribution < 1.29 is 9.90 Å². The Morgan fingerprint density at radius 1 is 1.08 bits per heavy atom. The summed E-state index contributed by atoms with van der Waals surface area (Å²) in [5.41, 5.74) is 8.03. The predicted molar refractivity (Wildman–Crippen MR) is 111 cm³/mol. The van der Waals surface area contributed by atoms with Crippen molar-refractivity contribution in [2.75, 3.05) is 0 Å². The minimum absolute atomic E-state index is 0.187. The van der Waals surface area contributed by atoms with Crippen molar-refractivity contribution in [3.05, 3.63) is 56.3 Å². The maximum absolute atomic E-state index is 11.1. The van der Waals surface area contributed by atoms with E-state index in [1.165, 1.54) is 52.0 Å². The molecule has 1 aromatic heterocycles. The standard InChI is InChI=1S/C23H28O2S/c1-14(9-16-11-20(21(24)25)26-13-16)17-12-19-18(10-15(17)2)22(3,4)7-8-23(19,5)6/h9-13H,7-8H2,1-6H3,(H,24,25). The number of hydrogen-bond donors (Lipinski definition) is 1. The molecule has 0 saturated carbocycles. The summed E-state index contributed by atoms with van der Waals surface area (Å²) in [6, 6.07) is 6.50. The molecule has 26 heavy (non-hydrogen) atoms. The lowest BCUT2D eigenvalue weighted by atomic mass is 9.62. The molecule has 0 aliphatic heterocycles. The lowest BCUT2D eigenvalue weighted by molar-refractivity contribution is 0.0702. The Kier molecular flexibility index (Phi) is 4.64. The summed E-state index contributed by atoms with van der Waals surface area (Å²) >= 11 is 1.28. The first-order chi connectivity index (χ1) is 12.0. The number of carboxylic acid groups (broad SMARTS) is 1. The Morgan fingerprint density at radius 3 is 2.19 bits per heavy atom. The highest BCUT2D eigenvalue weighted by molar-refractivity contribution is 7.12. The molecule has 0 amide bonds. The van der Waals surface area contributed by atoms with Crippen LogP contribution in [0, 0.1) is 6.92 Å². The molecular weight excluding hydrogens is 340 g/mol. The summed E-state index contributed by atoms with van der Waals surface area (Å²) in [5.74, 6) is -0.860. The third-order valence-corrected chi connectivity index (χ3v) is 6.77. The molecule has 0 spiro atoms. The summed E-state index contributed by atoms with van der Waals surface area (Å²) in [7, 11) is 0. The van der Waals surface area contributed by atoms with Crippen LogP contribution in [0.1, 0.15) is 84.9 Å². The van der Waals surface area contributed by atoms with E-state index in [-0.39, 0.29) is 10.8 Å². The van der Waals surface area contributed by atoms with Crippen LogP contribution in [-0.2, 0) is 10.8 Å². The number of thiophene rings is 1. The van der Waals surface area contributed by atoms with Gasteiger partial charge >= 0.3 is 5.97 Å². The second kappa shape index (κ2) is 6.38. The monoisotopic (exact) mass is 368 g/mol. The van der Waals surface area contributed by atoms with Gasteiger partial charge in [-0.1, -0.05) is 45.9 Å². The molecule has 2 aromatic rings. The van der Waals surface area contributed by atoms with Gasteiger partial charge in [0.15, 0.2) is 0 Å². The second-order valence-electron chi connectivity index (χ2n) is 8.86. The summed E-state index contributed by atoms with van der Waals surface area (Å²) in [6.45, 7) is 13.7. The average molecular weight is 369 g/mol. The van der Waals surface area contributed by atoms with Crippen LogP contribution in [0.3, 0.4) is 0 Å². The van der Waals surface area contributed by atoms with Crippen LogP contribution in [0.15, 0.2) is 23.6 Å². The van der Waals surface area contributed by atoms with Crippen LogP contribution >= 0.6 is 11.3 Å². The lowest BCUT2D eigenvalue weighted by Gasteiger charge is -2.42. The highest BCUT2D eigenvalue weighted by Crippen LogP contribution is 2.47. The number of rotatable bonds is 3. The number of allylic oxidation sites excluding steroid dienone is 1. The van der Waals surface area contributed by atoms with Gasteiger partial charge in [0.05, 0.1) is 0 Å². The minimum Gasteiger partial charge on any atom is -0.477 e. The molecule has 0 radical (unpaired) electrons. The maximum atomic E-state index is 11.1. The first-order valence-electron chi connectivity index (χ1n) is 9.17. The molecule has 3 heteroatoms. The fraction of sp³-hybridized carbons (Fsp3) is 0.435. The third-order valence-electron chi connectivity index (χ3n) is 5.84. The van der Waals surface area contributed by atoms with Crippen LogP contribution in [0.25, 0.3) is 11.6 Å². The summed E-state index contributed by atoms with van der Waals surface area (Å²) < 4.78 is 0.